The van der Waals surface area contributed by atoms with Crippen molar-refractivity contribution < 1.29 is 9.34 Å². The summed E-state index contributed by atoms with van der Waals surface area (Å²) < 4.78 is 7.83. The third-order valence-electron chi connectivity index (χ3n) is 3.29. The molecule has 3 rings (SSSR count). The summed E-state index contributed by atoms with van der Waals surface area (Å²) in [4.78, 5) is 15.5. The van der Waals surface area contributed by atoms with Gasteiger partial charge in [0.1, 0.15) is 4.92 Å². The number of nitro groups is 1. The fourth-order valence-electron chi connectivity index (χ4n) is 2.16. The van der Waals surface area contributed by atoms with E-state index in [-0.39, 0.29) is 11.9 Å². The van der Waals surface area contributed by atoms with Crippen LogP contribution in [0.1, 0.15) is 19.6 Å². The van der Waals surface area contributed by atoms with E-state index in [2.05, 4.69) is 26.0 Å². The average Bonchev–Trinajstić information content (AvgIpc) is 3.20. The van der Waals surface area contributed by atoms with E-state index in [0.29, 0.717) is 5.76 Å². The van der Waals surface area contributed by atoms with Crippen molar-refractivity contribution in [2.75, 3.05) is 0 Å². The number of aromatic nitrogens is 1. The number of rotatable bonds is 5. The fraction of sp³-hybridized carbons (Fsp3) is 0.176. The van der Waals surface area contributed by atoms with Crippen molar-refractivity contribution >= 4 is 39.4 Å². The van der Waals surface area contributed by atoms with E-state index in [0.717, 1.165) is 20.5 Å². The Morgan fingerprint density at radius 2 is 2.00 bits per heavy atom. The van der Waals surface area contributed by atoms with Gasteiger partial charge in [0, 0.05) is 21.5 Å². The molecule has 0 atom stereocenters. The summed E-state index contributed by atoms with van der Waals surface area (Å²) >= 11 is 4.91. The normalized spacial score (nSPS) is 12.4. The lowest BCUT2D eigenvalue weighted by Crippen LogP contribution is -2.14. The summed E-state index contributed by atoms with van der Waals surface area (Å²) in [6.45, 7) is 3.98. The Morgan fingerprint density at radius 3 is 2.62 bits per heavy atom. The molecule has 0 radical (unpaired) electrons. The minimum absolute atomic E-state index is 0.109. The molecule has 0 aliphatic rings. The van der Waals surface area contributed by atoms with Gasteiger partial charge in [0.15, 0.2) is 5.76 Å². The summed E-state index contributed by atoms with van der Waals surface area (Å²) in [5, 5.41) is 17.2. The Morgan fingerprint density at radius 1 is 1.27 bits per heavy atom. The molecule has 2 heterocycles. The molecule has 0 saturated carbocycles. The summed E-state index contributed by atoms with van der Waals surface area (Å²) in [6, 6.07) is 10.8. The summed E-state index contributed by atoms with van der Waals surface area (Å²) in [6.07, 6.45) is 1.45. The van der Waals surface area contributed by atoms with Gasteiger partial charge in [-0.3, -0.25) is 15.1 Å². The lowest BCUT2D eigenvalue weighted by Gasteiger charge is -2.04. The van der Waals surface area contributed by atoms with Crippen molar-refractivity contribution in [3.05, 3.63) is 66.9 Å². The molecule has 0 saturated heterocycles. The Hall–Kier alpha value is -2.52. The first-order chi connectivity index (χ1) is 12.4. The average molecular weight is 435 g/mol. The van der Waals surface area contributed by atoms with Crippen molar-refractivity contribution in [2.45, 2.75) is 19.9 Å². The second kappa shape index (κ2) is 7.79. The molecule has 3 aromatic rings. The van der Waals surface area contributed by atoms with Crippen LogP contribution in [0.2, 0.25) is 0 Å². The molecular weight excluding hydrogens is 420 g/mol. The monoisotopic (exact) mass is 434 g/mol. The van der Waals surface area contributed by atoms with Crippen LogP contribution in [0, 0.1) is 10.1 Å². The third kappa shape index (κ3) is 4.17. The van der Waals surface area contributed by atoms with Crippen LogP contribution in [0.5, 0.6) is 0 Å². The highest BCUT2D eigenvalue weighted by Gasteiger charge is 2.11. The number of thiazole rings is 1. The largest absolute Gasteiger partial charge is 0.433 e. The standard InChI is InChI=1S/C17H15BrN4O3S/c1-11(2)20-17-21(19-9-14-7-8-16(25-14)22(23)24)15(10-26-17)12-3-5-13(18)6-4-12/h3-11H,1-2H3. The van der Waals surface area contributed by atoms with E-state index in [1.807, 2.05) is 43.5 Å². The van der Waals surface area contributed by atoms with E-state index in [1.54, 1.807) is 4.68 Å². The maximum atomic E-state index is 10.7. The van der Waals surface area contributed by atoms with Gasteiger partial charge >= 0.3 is 5.88 Å². The van der Waals surface area contributed by atoms with Crippen LogP contribution in [0.3, 0.4) is 0 Å². The first-order valence-electron chi connectivity index (χ1n) is 7.73. The quantitative estimate of drug-likeness (QED) is 0.332. The van der Waals surface area contributed by atoms with E-state index in [4.69, 9.17) is 4.42 Å². The summed E-state index contributed by atoms with van der Waals surface area (Å²) in [5.41, 5.74) is 1.86. The molecule has 0 amide bonds. The second-order valence-electron chi connectivity index (χ2n) is 5.62. The molecule has 26 heavy (non-hydrogen) atoms. The number of hydrogen-bond donors (Lipinski definition) is 0. The van der Waals surface area contributed by atoms with E-state index >= 15 is 0 Å². The van der Waals surface area contributed by atoms with Gasteiger partial charge in [-0.25, -0.2) is 4.68 Å². The molecule has 9 heteroatoms. The molecule has 2 aromatic heterocycles. The maximum Gasteiger partial charge on any atom is 0.433 e. The molecular formula is C17H15BrN4O3S. The number of benzene rings is 1. The number of halogens is 1. The molecule has 0 spiro atoms. The zero-order chi connectivity index (χ0) is 18.7. The van der Waals surface area contributed by atoms with Crippen molar-refractivity contribution in [1.29, 1.82) is 0 Å². The van der Waals surface area contributed by atoms with E-state index < -0.39 is 4.92 Å². The minimum Gasteiger partial charge on any atom is -0.400 e. The molecule has 0 fully saturated rings. The van der Waals surface area contributed by atoms with Crippen LogP contribution in [-0.4, -0.2) is 21.9 Å². The van der Waals surface area contributed by atoms with Gasteiger partial charge in [-0.15, -0.1) is 11.3 Å². The van der Waals surface area contributed by atoms with Gasteiger partial charge in [-0.2, -0.15) is 5.10 Å². The molecule has 1 aromatic carbocycles. The first kappa shape index (κ1) is 18.3. The van der Waals surface area contributed by atoms with Crippen molar-refractivity contribution in [2.24, 2.45) is 10.1 Å². The molecule has 7 nitrogen and oxygen atoms in total. The number of furan rings is 1. The smallest absolute Gasteiger partial charge is 0.400 e. The van der Waals surface area contributed by atoms with Gasteiger partial charge in [-0.1, -0.05) is 28.1 Å². The van der Waals surface area contributed by atoms with Crippen molar-refractivity contribution in [3.8, 4) is 11.3 Å². The predicted octanol–water partition coefficient (Wildman–Crippen LogP) is 4.67. The zero-order valence-corrected chi connectivity index (χ0v) is 16.4. The fourth-order valence-corrected chi connectivity index (χ4v) is 3.40. The number of hydrogen-bond acceptors (Lipinski definition) is 6. The molecule has 134 valence electrons. The van der Waals surface area contributed by atoms with Gasteiger partial charge in [0.2, 0.25) is 4.80 Å². The Bertz CT molecular complexity index is 1020. The van der Waals surface area contributed by atoms with Crippen LogP contribution in [0.4, 0.5) is 5.88 Å². The molecule has 0 aliphatic carbocycles. The van der Waals surface area contributed by atoms with Crippen molar-refractivity contribution in [3.63, 3.8) is 0 Å². The lowest BCUT2D eigenvalue weighted by atomic mass is 10.2. The molecule has 0 unspecified atom stereocenters. The Labute approximate surface area is 161 Å². The predicted molar refractivity (Wildman–Crippen MR) is 104 cm³/mol. The van der Waals surface area contributed by atoms with E-state index in [1.165, 1.54) is 29.7 Å². The second-order valence-corrected chi connectivity index (χ2v) is 7.37. The molecule has 0 N–H and O–H groups in total. The Balaban J connectivity index is 2.05. The highest BCUT2D eigenvalue weighted by molar-refractivity contribution is 9.10. The van der Waals surface area contributed by atoms with Crippen LogP contribution >= 0.6 is 27.3 Å². The first-order valence-corrected chi connectivity index (χ1v) is 9.40. The van der Waals surface area contributed by atoms with Gasteiger partial charge in [0.25, 0.3) is 0 Å². The zero-order valence-electron chi connectivity index (χ0n) is 14.0. The van der Waals surface area contributed by atoms with Crippen molar-refractivity contribution in [1.82, 2.24) is 4.68 Å². The molecule has 0 bridgehead atoms. The lowest BCUT2D eigenvalue weighted by molar-refractivity contribution is -0.402. The highest BCUT2D eigenvalue weighted by Crippen LogP contribution is 2.22. The highest BCUT2D eigenvalue weighted by atomic mass is 79.9. The van der Waals surface area contributed by atoms with Gasteiger partial charge < -0.3 is 4.42 Å². The van der Waals surface area contributed by atoms with Crippen LogP contribution in [0.15, 0.2) is 60.8 Å². The maximum absolute atomic E-state index is 10.7. The Kier molecular flexibility index (Phi) is 5.48. The SMILES string of the molecule is CC(C)N=c1scc(-c2ccc(Br)cc2)n1N=Cc1ccc([N+](=O)[O-])o1. The van der Waals surface area contributed by atoms with Gasteiger partial charge in [0.05, 0.1) is 18.0 Å². The van der Waals surface area contributed by atoms with E-state index in [9.17, 15) is 10.1 Å². The summed E-state index contributed by atoms with van der Waals surface area (Å²) in [5.74, 6) is -0.0188. The van der Waals surface area contributed by atoms with Crippen LogP contribution < -0.4 is 4.80 Å². The van der Waals surface area contributed by atoms with Crippen LogP contribution in [-0.2, 0) is 0 Å². The van der Waals surface area contributed by atoms with Crippen LogP contribution in [0.25, 0.3) is 11.3 Å². The van der Waals surface area contributed by atoms with Gasteiger partial charge in [-0.05, 0) is 32.0 Å². The minimum atomic E-state index is -0.581. The topological polar surface area (TPSA) is 85.9 Å². The molecule has 0 aliphatic heterocycles. The summed E-state index contributed by atoms with van der Waals surface area (Å²) in [7, 11) is 0. The third-order valence-corrected chi connectivity index (χ3v) is 4.65. The number of nitrogens with zero attached hydrogens (tertiary/aromatic N) is 4.